The third kappa shape index (κ3) is 2.84. The van der Waals surface area contributed by atoms with Crippen LogP contribution in [0, 0.1) is 25.5 Å². The molecule has 4 heteroatoms. The lowest BCUT2D eigenvalue weighted by Crippen LogP contribution is -2.21. The summed E-state index contributed by atoms with van der Waals surface area (Å²) >= 11 is 5.96. The lowest BCUT2D eigenvalue weighted by molar-refractivity contribution is 0.572. The molecule has 1 unspecified atom stereocenters. The number of halogens is 3. The molecule has 2 rings (SSSR count). The maximum absolute atomic E-state index is 14.1. The minimum absolute atomic E-state index is 0.287. The van der Waals surface area contributed by atoms with Gasteiger partial charge in [0.1, 0.15) is 11.6 Å². The summed E-state index contributed by atoms with van der Waals surface area (Å²) in [6, 6.07) is 6.99. The number of hydrogen-bond acceptors (Lipinski definition) is 1. The highest BCUT2D eigenvalue weighted by atomic mass is 35.5. The summed E-state index contributed by atoms with van der Waals surface area (Å²) in [6.07, 6.45) is 0. The van der Waals surface area contributed by atoms with E-state index in [1.54, 1.807) is 13.1 Å². The summed E-state index contributed by atoms with van der Waals surface area (Å²) < 4.78 is 27.5. The molecule has 0 aromatic heterocycles. The zero-order valence-corrected chi connectivity index (χ0v) is 12.4. The second kappa shape index (κ2) is 5.90. The van der Waals surface area contributed by atoms with Gasteiger partial charge in [-0.15, -0.1) is 0 Å². The van der Waals surface area contributed by atoms with Crippen molar-refractivity contribution in [3.63, 3.8) is 0 Å². The quantitative estimate of drug-likeness (QED) is 0.876. The molecule has 0 bridgehead atoms. The average molecular weight is 296 g/mol. The van der Waals surface area contributed by atoms with Gasteiger partial charge in [-0.2, -0.15) is 0 Å². The fourth-order valence-corrected chi connectivity index (χ4v) is 2.75. The van der Waals surface area contributed by atoms with Gasteiger partial charge in [-0.1, -0.05) is 11.6 Å². The fourth-order valence-electron chi connectivity index (χ4n) is 2.57. The summed E-state index contributed by atoms with van der Waals surface area (Å²) in [5, 5.41) is 3.55. The molecule has 2 aromatic carbocycles. The van der Waals surface area contributed by atoms with Crippen molar-refractivity contribution in [1.29, 1.82) is 0 Å². The molecule has 2 aromatic rings. The average Bonchev–Trinajstić information content (AvgIpc) is 2.37. The van der Waals surface area contributed by atoms with Crippen molar-refractivity contribution in [3.05, 3.63) is 69.2 Å². The number of hydrogen-bond donors (Lipinski definition) is 1. The predicted molar refractivity (Wildman–Crippen MR) is 78.2 cm³/mol. The smallest absolute Gasteiger partial charge is 0.128 e. The molecule has 0 heterocycles. The van der Waals surface area contributed by atoms with Crippen LogP contribution in [0.3, 0.4) is 0 Å². The lowest BCUT2D eigenvalue weighted by atomic mass is 9.91. The Labute approximate surface area is 122 Å². The summed E-state index contributed by atoms with van der Waals surface area (Å²) in [7, 11) is 1.74. The van der Waals surface area contributed by atoms with Crippen LogP contribution in [0.5, 0.6) is 0 Å². The van der Waals surface area contributed by atoms with Crippen LogP contribution in [-0.4, -0.2) is 7.05 Å². The van der Waals surface area contributed by atoms with E-state index in [0.717, 1.165) is 16.7 Å². The van der Waals surface area contributed by atoms with Crippen LogP contribution in [0.25, 0.3) is 0 Å². The molecule has 1 N–H and O–H groups in total. The highest BCUT2D eigenvalue weighted by Gasteiger charge is 2.20. The van der Waals surface area contributed by atoms with E-state index in [1.807, 2.05) is 13.8 Å². The van der Waals surface area contributed by atoms with E-state index in [9.17, 15) is 8.78 Å². The zero-order chi connectivity index (χ0) is 14.9. The second-order valence-corrected chi connectivity index (χ2v) is 5.28. The number of benzene rings is 2. The van der Waals surface area contributed by atoms with Crippen molar-refractivity contribution >= 4 is 11.6 Å². The molecule has 20 heavy (non-hydrogen) atoms. The van der Waals surface area contributed by atoms with Gasteiger partial charge in [0.2, 0.25) is 0 Å². The van der Waals surface area contributed by atoms with Crippen molar-refractivity contribution in [2.75, 3.05) is 7.05 Å². The molecule has 0 fully saturated rings. The van der Waals surface area contributed by atoms with Crippen molar-refractivity contribution in [3.8, 4) is 0 Å². The predicted octanol–water partition coefficient (Wildman–Crippen LogP) is 4.54. The molecule has 106 valence electrons. The molecule has 1 nitrogen and oxygen atoms in total. The number of aryl methyl sites for hydroxylation is 2. The Kier molecular flexibility index (Phi) is 4.41. The largest absolute Gasteiger partial charge is 0.309 e. The third-order valence-corrected chi connectivity index (χ3v) is 3.64. The molecule has 1 atom stereocenters. The first kappa shape index (κ1) is 14.9. The molecule has 0 aliphatic heterocycles. The van der Waals surface area contributed by atoms with E-state index >= 15 is 0 Å². The van der Waals surface area contributed by atoms with Crippen LogP contribution in [-0.2, 0) is 0 Å². The van der Waals surface area contributed by atoms with Gasteiger partial charge in [0, 0.05) is 10.6 Å². The Hall–Kier alpha value is -1.45. The van der Waals surface area contributed by atoms with E-state index in [-0.39, 0.29) is 17.7 Å². The first-order valence-corrected chi connectivity index (χ1v) is 6.70. The van der Waals surface area contributed by atoms with Crippen molar-refractivity contribution in [1.82, 2.24) is 5.32 Å². The minimum atomic E-state index is -0.366. The Morgan fingerprint density at radius 1 is 1.05 bits per heavy atom. The van der Waals surface area contributed by atoms with Gasteiger partial charge in [-0.05, 0) is 67.9 Å². The number of rotatable bonds is 3. The van der Waals surface area contributed by atoms with E-state index in [1.165, 1.54) is 24.3 Å². The van der Waals surface area contributed by atoms with Gasteiger partial charge >= 0.3 is 0 Å². The molecular weight excluding hydrogens is 280 g/mol. The fraction of sp³-hybridized carbons (Fsp3) is 0.250. The van der Waals surface area contributed by atoms with Crippen LogP contribution < -0.4 is 5.32 Å². The molecule has 0 spiro atoms. The summed E-state index contributed by atoms with van der Waals surface area (Å²) in [6.45, 7) is 3.64. The first-order valence-electron chi connectivity index (χ1n) is 6.33. The van der Waals surface area contributed by atoms with E-state index in [0.29, 0.717) is 10.6 Å². The molecule has 0 saturated heterocycles. The van der Waals surface area contributed by atoms with Gasteiger partial charge < -0.3 is 5.32 Å². The summed E-state index contributed by atoms with van der Waals surface area (Å²) in [5.74, 6) is -0.623. The van der Waals surface area contributed by atoms with Crippen molar-refractivity contribution < 1.29 is 8.78 Å². The Balaban J connectivity index is 2.61. The molecule has 0 aliphatic rings. The van der Waals surface area contributed by atoms with Gasteiger partial charge in [0.15, 0.2) is 0 Å². The minimum Gasteiger partial charge on any atom is -0.309 e. The molecule has 0 radical (unpaired) electrons. The molecule has 0 amide bonds. The maximum atomic E-state index is 14.1. The Bertz CT molecular complexity index is 617. The van der Waals surface area contributed by atoms with Crippen LogP contribution in [0.15, 0.2) is 30.3 Å². The van der Waals surface area contributed by atoms with Gasteiger partial charge in [0.25, 0.3) is 0 Å². The molecule has 0 aliphatic carbocycles. The van der Waals surface area contributed by atoms with Gasteiger partial charge in [-0.3, -0.25) is 0 Å². The second-order valence-electron chi connectivity index (χ2n) is 4.84. The lowest BCUT2D eigenvalue weighted by Gasteiger charge is -2.22. The van der Waals surface area contributed by atoms with E-state index in [4.69, 9.17) is 11.6 Å². The normalized spacial score (nSPS) is 12.5. The van der Waals surface area contributed by atoms with Gasteiger partial charge in [-0.25, -0.2) is 8.78 Å². The van der Waals surface area contributed by atoms with Gasteiger partial charge in [0.05, 0.1) is 6.04 Å². The van der Waals surface area contributed by atoms with E-state index in [2.05, 4.69) is 5.32 Å². The molecule has 0 saturated carbocycles. The highest BCUT2D eigenvalue weighted by Crippen LogP contribution is 2.31. The van der Waals surface area contributed by atoms with Crippen LogP contribution >= 0.6 is 11.6 Å². The SMILES string of the molecule is CNC(c1cc(Cl)ccc1F)c1c(C)cc(F)cc1C. The Morgan fingerprint density at radius 2 is 1.65 bits per heavy atom. The van der Waals surface area contributed by atoms with Crippen LogP contribution in [0.2, 0.25) is 5.02 Å². The van der Waals surface area contributed by atoms with Crippen molar-refractivity contribution in [2.45, 2.75) is 19.9 Å². The zero-order valence-electron chi connectivity index (χ0n) is 11.6. The highest BCUT2D eigenvalue weighted by molar-refractivity contribution is 6.30. The first-order chi connectivity index (χ1) is 9.43. The van der Waals surface area contributed by atoms with Crippen LogP contribution in [0.1, 0.15) is 28.3 Å². The third-order valence-electron chi connectivity index (χ3n) is 3.40. The number of nitrogens with one attached hydrogen (secondary N) is 1. The monoisotopic (exact) mass is 295 g/mol. The standard InChI is InChI=1S/C16H16ClF2N/c1-9-6-12(18)7-10(2)15(9)16(20-3)13-8-11(17)4-5-14(13)19/h4-8,16,20H,1-3H3. The molecular formula is C16H16ClF2N. The van der Waals surface area contributed by atoms with Crippen LogP contribution in [0.4, 0.5) is 8.78 Å². The summed E-state index contributed by atoms with van der Waals surface area (Å²) in [4.78, 5) is 0. The maximum Gasteiger partial charge on any atom is 0.128 e. The van der Waals surface area contributed by atoms with Crippen molar-refractivity contribution in [2.24, 2.45) is 0 Å². The summed E-state index contributed by atoms with van der Waals surface area (Å²) in [5.41, 5.74) is 2.88. The van der Waals surface area contributed by atoms with E-state index < -0.39 is 0 Å². The Morgan fingerprint density at radius 3 is 2.20 bits per heavy atom. The topological polar surface area (TPSA) is 12.0 Å².